The number of nitrogens with zero attached hydrogens (tertiary/aromatic N) is 1. The first-order valence-corrected chi connectivity index (χ1v) is 14.9. The van der Waals surface area contributed by atoms with E-state index >= 15 is 0 Å². The van der Waals surface area contributed by atoms with Crippen LogP contribution in [0.5, 0.6) is 0 Å². The van der Waals surface area contributed by atoms with Crippen LogP contribution in [0.2, 0.25) is 0 Å². The molecule has 1 spiro atoms. The quantitative estimate of drug-likeness (QED) is 0.341. The van der Waals surface area contributed by atoms with Gasteiger partial charge in [0, 0.05) is 12.5 Å². The van der Waals surface area contributed by atoms with E-state index in [9.17, 15) is 4.79 Å². The van der Waals surface area contributed by atoms with Gasteiger partial charge in [0.05, 0.1) is 18.8 Å². The minimum absolute atomic E-state index is 0.336. The molecule has 6 rings (SSSR count). The van der Waals surface area contributed by atoms with Gasteiger partial charge in [0.15, 0.2) is 0 Å². The van der Waals surface area contributed by atoms with Gasteiger partial charge in [-0.1, -0.05) is 33.8 Å². The SMILES string of the molecule is C=CCO[C@H]1CC[C@@]2(C)C(CC[C@@H]3C2CC[C@@]2(C)C3CC3O[C@@]4(CC[C@H](C)CN4C=O)[C@@H](C)C32)C1. The standard InChI is InChI=1S/C31H49NO3/c1-6-15-34-23-10-12-29(4)22(16-23)7-8-24-25(29)11-13-30(5)26(24)17-27-28(30)21(3)31(35-27)14-9-20(2)18-32(31)19-33/h6,19-28H,1,7-18H2,2-5H3/t20-,21-,22?,23-,24+,25?,26?,27?,28?,29-,30-,31-/m0/s1. The Morgan fingerprint density at radius 2 is 1.80 bits per heavy atom. The molecule has 12 atom stereocenters. The van der Waals surface area contributed by atoms with E-state index in [1.807, 2.05) is 6.08 Å². The molecule has 4 heteroatoms. The van der Waals surface area contributed by atoms with Gasteiger partial charge >= 0.3 is 0 Å². The van der Waals surface area contributed by atoms with Crippen molar-refractivity contribution in [3.63, 3.8) is 0 Å². The summed E-state index contributed by atoms with van der Waals surface area (Å²) in [4.78, 5) is 14.2. The maximum atomic E-state index is 12.2. The van der Waals surface area contributed by atoms with Crippen LogP contribution in [0.15, 0.2) is 12.7 Å². The summed E-state index contributed by atoms with van der Waals surface area (Å²) in [5.74, 6) is 4.93. The number of likely N-dealkylation sites (tertiary alicyclic amines) is 1. The normalized spacial score (nSPS) is 55.1. The molecule has 0 radical (unpaired) electrons. The van der Waals surface area contributed by atoms with Crippen LogP contribution in [0, 0.1) is 52.3 Å². The van der Waals surface area contributed by atoms with E-state index in [1.165, 1.54) is 57.8 Å². The number of hydrogen-bond donors (Lipinski definition) is 0. The third-order valence-corrected chi connectivity index (χ3v) is 12.9. The van der Waals surface area contributed by atoms with Crippen LogP contribution in [0.25, 0.3) is 0 Å². The highest BCUT2D eigenvalue weighted by Gasteiger charge is 2.69. The number of hydrogen-bond acceptors (Lipinski definition) is 3. The topological polar surface area (TPSA) is 38.8 Å². The van der Waals surface area contributed by atoms with Crippen LogP contribution in [-0.4, -0.2) is 42.4 Å². The van der Waals surface area contributed by atoms with Crippen LogP contribution in [-0.2, 0) is 14.3 Å². The third kappa shape index (κ3) is 3.40. The minimum atomic E-state index is -0.345. The fourth-order valence-corrected chi connectivity index (χ4v) is 11.2. The van der Waals surface area contributed by atoms with Crippen molar-refractivity contribution in [3.05, 3.63) is 12.7 Å². The summed E-state index contributed by atoms with van der Waals surface area (Å²) in [6, 6.07) is 0. The highest BCUT2D eigenvalue weighted by Crippen LogP contribution is 2.71. The molecule has 5 unspecified atom stereocenters. The number of carbonyl (C=O) groups is 1. The molecule has 0 N–H and O–H groups in total. The average molecular weight is 484 g/mol. The maximum Gasteiger partial charge on any atom is 0.211 e. The lowest BCUT2D eigenvalue weighted by molar-refractivity contribution is -0.194. The van der Waals surface area contributed by atoms with Gasteiger partial charge in [-0.15, -0.1) is 6.58 Å². The lowest BCUT2D eigenvalue weighted by atomic mass is 9.44. The van der Waals surface area contributed by atoms with E-state index in [4.69, 9.17) is 9.47 Å². The molecule has 2 aliphatic heterocycles. The molecule has 4 saturated carbocycles. The summed E-state index contributed by atoms with van der Waals surface area (Å²) in [6.45, 7) is 15.4. The van der Waals surface area contributed by atoms with Gasteiger partial charge in [-0.25, -0.2) is 0 Å². The van der Waals surface area contributed by atoms with Crippen LogP contribution in [0.1, 0.15) is 91.9 Å². The Kier molecular flexibility index (Phi) is 6.00. The van der Waals surface area contributed by atoms with Gasteiger partial charge in [-0.05, 0) is 111 Å². The Bertz CT molecular complexity index is 845. The van der Waals surface area contributed by atoms with Crippen LogP contribution >= 0.6 is 0 Å². The zero-order chi connectivity index (χ0) is 24.6. The molecule has 4 aliphatic carbocycles. The molecule has 196 valence electrons. The van der Waals surface area contributed by atoms with Gasteiger partial charge in [-0.2, -0.15) is 0 Å². The first kappa shape index (κ1) is 24.5. The molecule has 1 amide bonds. The zero-order valence-electron chi connectivity index (χ0n) is 22.7. The summed E-state index contributed by atoms with van der Waals surface area (Å²) in [5, 5.41) is 0. The summed E-state index contributed by atoms with van der Waals surface area (Å²) in [6.07, 6.45) is 16.5. The van der Waals surface area contributed by atoms with Crippen molar-refractivity contribution in [2.45, 2.75) is 110 Å². The Balaban J connectivity index is 1.22. The summed E-state index contributed by atoms with van der Waals surface area (Å²) >= 11 is 0. The summed E-state index contributed by atoms with van der Waals surface area (Å²) in [5.41, 5.74) is 0.499. The molecule has 0 bridgehead atoms. The van der Waals surface area contributed by atoms with Crippen molar-refractivity contribution in [2.24, 2.45) is 52.3 Å². The van der Waals surface area contributed by atoms with Crippen LogP contribution < -0.4 is 0 Å². The number of piperidine rings is 1. The Hall–Kier alpha value is -0.870. The zero-order valence-corrected chi connectivity index (χ0v) is 22.7. The molecule has 35 heavy (non-hydrogen) atoms. The highest BCUT2D eigenvalue weighted by molar-refractivity contribution is 5.49. The lowest BCUT2D eigenvalue weighted by Crippen LogP contribution is -2.59. The monoisotopic (exact) mass is 483 g/mol. The maximum absolute atomic E-state index is 12.2. The van der Waals surface area contributed by atoms with Crippen molar-refractivity contribution >= 4 is 6.41 Å². The van der Waals surface area contributed by atoms with Crippen molar-refractivity contribution < 1.29 is 14.3 Å². The van der Waals surface area contributed by atoms with E-state index in [0.717, 1.165) is 43.0 Å². The Morgan fingerprint density at radius 1 is 1.00 bits per heavy atom. The number of carbonyl (C=O) groups excluding carboxylic acids is 1. The molecule has 0 aromatic heterocycles. The van der Waals surface area contributed by atoms with Gasteiger partial charge < -0.3 is 14.4 Å². The molecule has 4 nitrogen and oxygen atoms in total. The van der Waals surface area contributed by atoms with Crippen molar-refractivity contribution in [1.29, 1.82) is 0 Å². The fraction of sp³-hybridized carbons (Fsp3) is 0.903. The Morgan fingerprint density at radius 3 is 2.57 bits per heavy atom. The molecular formula is C31H49NO3. The lowest BCUT2D eigenvalue weighted by Gasteiger charge is -2.61. The van der Waals surface area contributed by atoms with E-state index in [-0.39, 0.29) is 5.72 Å². The van der Waals surface area contributed by atoms with Crippen LogP contribution in [0.3, 0.4) is 0 Å². The van der Waals surface area contributed by atoms with Crippen LogP contribution in [0.4, 0.5) is 0 Å². The molecule has 2 saturated heterocycles. The fourth-order valence-electron chi connectivity index (χ4n) is 11.2. The molecule has 0 aromatic carbocycles. The molecule has 6 aliphatic rings. The second-order valence-corrected chi connectivity index (χ2v) is 14.2. The molecular weight excluding hydrogens is 434 g/mol. The number of rotatable bonds is 4. The van der Waals surface area contributed by atoms with E-state index in [1.54, 1.807) is 0 Å². The van der Waals surface area contributed by atoms with Crippen molar-refractivity contribution in [1.82, 2.24) is 4.90 Å². The summed E-state index contributed by atoms with van der Waals surface area (Å²) in [7, 11) is 0. The van der Waals surface area contributed by atoms with E-state index in [2.05, 4.69) is 39.2 Å². The van der Waals surface area contributed by atoms with E-state index < -0.39 is 0 Å². The summed E-state index contributed by atoms with van der Waals surface area (Å²) < 4.78 is 13.2. The van der Waals surface area contributed by atoms with Gasteiger partial charge in [-0.3, -0.25) is 4.79 Å². The Labute approximate surface area is 213 Å². The number of ether oxygens (including phenoxy) is 2. The first-order valence-electron chi connectivity index (χ1n) is 14.9. The highest BCUT2D eigenvalue weighted by atomic mass is 16.5. The first-order chi connectivity index (χ1) is 16.8. The van der Waals surface area contributed by atoms with Gasteiger partial charge in [0.2, 0.25) is 6.41 Å². The number of fused-ring (bicyclic) bond motifs is 7. The van der Waals surface area contributed by atoms with Crippen molar-refractivity contribution in [2.75, 3.05) is 13.2 Å². The third-order valence-electron chi connectivity index (χ3n) is 12.9. The number of amides is 1. The predicted molar refractivity (Wildman–Crippen MR) is 138 cm³/mol. The van der Waals surface area contributed by atoms with Gasteiger partial charge in [0.1, 0.15) is 5.72 Å². The van der Waals surface area contributed by atoms with E-state index in [0.29, 0.717) is 47.4 Å². The van der Waals surface area contributed by atoms with Crippen molar-refractivity contribution in [3.8, 4) is 0 Å². The molecule has 6 fully saturated rings. The second kappa shape index (κ2) is 8.58. The minimum Gasteiger partial charge on any atom is -0.374 e. The average Bonchev–Trinajstić information content (AvgIpc) is 3.30. The molecule has 0 aromatic rings. The second-order valence-electron chi connectivity index (χ2n) is 14.2. The smallest absolute Gasteiger partial charge is 0.211 e. The predicted octanol–water partition coefficient (Wildman–Crippen LogP) is 6.45. The van der Waals surface area contributed by atoms with Gasteiger partial charge in [0.25, 0.3) is 0 Å². The largest absolute Gasteiger partial charge is 0.374 e. The molecule has 2 heterocycles.